The van der Waals surface area contributed by atoms with Crippen molar-refractivity contribution in [3.05, 3.63) is 24.0 Å². The van der Waals surface area contributed by atoms with Crippen molar-refractivity contribution in [2.45, 2.75) is 26.2 Å². The Bertz CT molecular complexity index is 620. The van der Waals surface area contributed by atoms with Crippen LogP contribution in [0.2, 0.25) is 0 Å². The standard InChI is InChI=1S/C17H21FN2O3/c1-2-5-19-6-7-20(15-10-13(18)3-4-14(15)19)16(21)8-12-9-17(22)23-11-12/h3-4,10,12H,2,5-9,11H2,1H3/t12-/m0/s1. The van der Waals surface area contributed by atoms with Crippen LogP contribution in [-0.2, 0) is 14.3 Å². The van der Waals surface area contributed by atoms with Gasteiger partial charge in [-0.1, -0.05) is 6.92 Å². The zero-order valence-electron chi connectivity index (χ0n) is 13.3. The smallest absolute Gasteiger partial charge is 0.306 e. The van der Waals surface area contributed by atoms with Crippen LogP contribution >= 0.6 is 0 Å². The summed E-state index contributed by atoms with van der Waals surface area (Å²) in [6.45, 7) is 4.55. The molecular weight excluding hydrogens is 299 g/mol. The van der Waals surface area contributed by atoms with Gasteiger partial charge >= 0.3 is 5.97 Å². The predicted octanol–water partition coefficient (Wildman–Crippen LogP) is 2.34. The van der Waals surface area contributed by atoms with E-state index in [9.17, 15) is 14.0 Å². The quantitative estimate of drug-likeness (QED) is 0.799. The van der Waals surface area contributed by atoms with Crippen LogP contribution in [0.5, 0.6) is 0 Å². The first-order chi connectivity index (χ1) is 11.1. The number of fused-ring (bicyclic) bond motifs is 1. The lowest BCUT2D eigenvalue weighted by atomic mass is 10.0. The van der Waals surface area contributed by atoms with E-state index in [0.29, 0.717) is 18.8 Å². The molecule has 3 rings (SSSR count). The van der Waals surface area contributed by atoms with Gasteiger partial charge in [-0.05, 0) is 24.6 Å². The minimum Gasteiger partial charge on any atom is -0.465 e. The van der Waals surface area contributed by atoms with Gasteiger partial charge in [0.2, 0.25) is 5.91 Å². The Hall–Kier alpha value is -2.11. The van der Waals surface area contributed by atoms with Crippen LogP contribution in [0.1, 0.15) is 26.2 Å². The third-order valence-electron chi connectivity index (χ3n) is 4.36. The van der Waals surface area contributed by atoms with Crippen molar-refractivity contribution in [1.82, 2.24) is 0 Å². The highest BCUT2D eigenvalue weighted by Gasteiger charge is 2.31. The number of nitrogens with zero attached hydrogens (tertiary/aromatic N) is 2. The molecule has 1 atom stereocenters. The summed E-state index contributed by atoms with van der Waals surface area (Å²) in [4.78, 5) is 27.6. The molecule has 1 aromatic rings. The Morgan fingerprint density at radius 1 is 1.35 bits per heavy atom. The van der Waals surface area contributed by atoms with Gasteiger partial charge in [0.15, 0.2) is 0 Å². The number of benzene rings is 1. The second kappa shape index (κ2) is 6.56. The molecule has 1 saturated heterocycles. The van der Waals surface area contributed by atoms with Crippen molar-refractivity contribution in [1.29, 1.82) is 0 Å². The van der Waals surface area contributed by atoms with Crippen molar-refractivity contribution in [2.75, 3.05) is 36.0 Å². The van der Waals surface area contributed by atoms with Crippen molar-refractivity contribution in [3.8, 4) is 0 Å². The van der Waals surface area contributed by atoms with Crippen molar-refractivity contribution in [3.63, 3.8) is 0 Å². The highest BCUT2D eigenvalue weighted by molar-refractivity contribution is 5.98. The molecule has 0 radical (unpaired) electrons. The number of ether oxygens (including phenoxy) is 1. The molecule has 0 saturated carbocycles. The molecule has 0 aromatic heterocycles. The monoisotopic (exact) mass is 320 g/mol. The molecule has 1 aromatic carbocycles. The fraction of sp³-hybridized carbons (Fsp3) is 0.529. The Balaban J connectivity index is 1.80. The summed E-state index contributed by atoms with van der Waals surface area (Å²) in [5, 5.41) is 0. The minimum atomic E-state index is -0.348. The summed E-state index contributed by atoms with van der Waals surface area (Å²) in [5.74, 6) is -0.738. The molecule has 2 aliphatic heterocycles. The molecule has 0 spiro atoms. The number of carbonyl (C=O) groups excluding carboxylic acids is 2. The normalized spacial score (nSPS) is 20.4. The molecule has 2 heterocycles. The number of anilines is 2. The highest BCUT2D eigenvalue weighted by atomic mass is 19.1. The summed E-state index contributed by atoms with van der Waals surface area (Å²) in [5.41, 5.74) is 1.52. The molecule has 0 unspecified atom stereocenters. The summed E-state index contributed by atoms with van der Waals surface area (Å²) < 4.78 is 18.6. The summed E-state index contributed by atoms with van der Waals surface area (Å²) >= 11 is 0. The fourth-order valence-electron chi connectivity index (χ4n) is 3.26. The molecule has 6 heteroatoms. The number of amides is 1. The van der Waals surface area contributed by atoms with Gasteiger partial charge in [0.25, 0.3) is 0 Å². The number of hydrogen-bond acceptors (Lipinski definition) is 4. The fourth-order valence-corrected chi connectivity index (χ4v) is 3.26. The average Bonchev–Trinajstić information content (AvgIpc) is 2.92. The Kier molecular flexibility index (Phi) is 4.50. The summed E-state index contributed by atoms with van der Waals surface area (Å²) in [6.07, 6.45) is 1.54. The second-order valence-electron chi connectivity index (χ2n) is 6.12. The van der Waals surface area contributed by atoms with Crippen LogP contribution in [0, 0.1) is 11.7 Å². The van der Waals surface area contributed by atoms with Gasteiger partial charge in [-0.3, -0.25) is 9.59 Å². The highest BCUT2D eigenvalue weighted by Crippen LogP contribution is 2.35. The maximum Gasteiger partial charge on any atom is 0.306 e. The van der Waals surface area contributed by atoms with Crippen LogP contribution in [0.25, 0.3) is 0 Å². The first kappa shape index (κ1) is 15.8. The number of hydrogen-bond donors (Lipinski definition) is 0. The van der Waals surface area contributed by atoms with Gasteiger partial charge in [0.1, 0.15) is 5.82 Å². The van der Waals surface area contributed by atoms with E-state index in [-0.39, 0.29) is 36.5 Å². The van der Waals surface area contributed by atoms with Crippen LogP contribution < -0.4 is 9.80 Å². The number of cyclic esters (lactones) is 1. The zero-order valence-corrected chi connectivity index (χ0v) is 13.3. The zero-order chi connectivity index (χ0) is 16.4. The predicted molar refractivity (Wildman–Crippen MR) is 84.9 cm³/mol. The van der Waals surface area contributed by atoms with Gasteiger partial charge in [-0.2, -0.15) is 0 Å². The van der Waals surface area contributed by atoms with E-state index in [2.05, 4.69) is 11.8 Å². The maximum atomic E-state index is 13.7. The van der Waals surface area contributed by atoms with Crippen LogP contribution in [0.15, 0.2) is 18.2 Å². The molecular formula is C17H21FN2O3. The van der Waals surface area contributed by atoms with Crippen molar-refractivity contribution in [2.24, 2.45) is 5.92 Å². The number of rotatable bonds is 4. The molecule has 5 nitrogen and oxygen atoms in total. The molecule has 2 aliphatic rings. The van der Waals surface area contributed by atoms with Gasteiger partial charge in [-0.25, -0.2) is 4.39 Å². The summed E-state index contributed by atoms with van der Waals surface area (Å²) in [7, 11) is 0. The first-order valence-electron chi connectivity index (χ1n) is 8.09. The van der Waals surface area contributed by atoms with Gasteiger partial charge in [0.05, 0.1) is 24.4 Å². The lowest BCUT2D eigenvalue weighted by Crippen LogP contribution is -2.45. The molecule has 0 bridgehead atoms. The van der Waals surface area contributed by atoms with E-state index in [1.165, 1.54) is 12.1 Å². The molecule has 1 amide bonds. The SMILES string of the molecule is CCCN1CCN(C(=O)C[C@@H]2COC(=O)C2)c2cc(F)ccc21. The van der Waals surface area contributed by atoms with E-state index >= 15 is 0 Å². The third kappa shape index (κ3) is 3.30. The molecule has 0 N–H and O–H groups in total. The molecule has 124 valence electrons. The largest absolute Gasteiger partial charge is 0.465 e. The molecule has 23 heavy (non-hydrogen) atoms. The molecule has 0 aliphatic carbocycles. The van der Waals surface area contributed by atoms with E-state index in [0.717, 1.165) is 25.2 Å². The van der Waals surface area contributed by atoms with Crippen LogP contribution in [-0.4, -0.2) is 38.1 Å². The lowest BCUT2D eigenvalue weighted by molar-refractivity contribution is -0.138. The Labute approximate surface area is 135 Å². The van der Waals surface area contributed by atoms with E-state index in [1.54, 1.807) is 11.0 Å². The van der Waals surface area contributed by atoms with Gasteiger partial charge in [-0.15, -0.1) is 0 Å². The van der Waals surface area contributed by atoms with Gasteiger partial charge < -0.3 is 14.5 Å². The number of halogens is 1. The van der Waals surface area contributed by atoms with Crippen LogP contribution in [0.3, 0.4) is 0 Å². The average molecular weight is 320 g/mol. The Morgan fingerprint density at radius 3 is 2.87 bits per heavy atom. The summed E-state index contributed by atoms with van der Waals surface area (Å²) in [6, 6.07) is 4.59. The van der Waals surface area contributed by atoms with E-state index < -0.39 is 0 Å². The third-order valence-corrected chi connectivity index (χ3v) is 4.36. The number of carbonyl (C=O) groups is 2. The minimum absolute atomic E-state index is 0.0688. The maximum absolute atomic E-state index is 13.7. The van der Waals surface area contributed by atoms with Crippen molar-refractivity contribution < 1.29 is 18.7 Å². The number of esters is 1. The van der Waals surface area contributed by atoms with Crippen LogP contribution in [0.4, 0.5) is 15.8 Å². The lowest BCUT2D eigenvalue weighted by Gasteiger charge is -2.38. The Morgan fingerprint density at radius 2 is 2.17 bits per heavy atom. The molecule has 1 fully saturated rings. The second-order valence-corrected chi connectivity index (χ2v) is 6.12. The van der Waals surface area contributed by atoms with Crippen molar-refractivity contribution >= 4 is 23.3 Å². The van der Waals surface area contributed by atoms with E-state index in [4.69, 9.17) is 4.74 Å². The first-order valence-corrected chi connectivity index (χ1v) is 8.09. The van der Waals surface area contributed by atoms with Gasteiger partial charge in [0, 0.05) is 32.0 Å². The topological polar surface area (TPSA) is 49.9 Å². The van der Waals surface area contributed by atoms with E-state index in [1.807, 2.05) is 0 Å².